The number of hydrogen-bond donors (Lipinski definition) is 2. The molecule has 0 spiro atoms. The van der Waals surface area contributed by atoms with Crippen LogP contribution in [0.5, 0.6) is 0 Å². The number of nitrogens with one attached hydrogen (secondary N) is 2. The van der Waals surface area contributed by atoms with Crippen LogP contribution in [-0.4, -0.2) is 21.6 Å². The second kappa shape index (κ2) is 10.4. The lowest BCUT2D eigenvalue weighted by molar-refractivity contribution is -0.122. The highest BCUT2D eigenvalue weighted by atomic mass is 35.5. The van der Waals surface area contributed by atoms with Crippen LogP contribution < -0.4 is 10.6 Å². The summed E-state index contributed by atoms with van der Waals surface area (Å²) in [5, 5.41) is 10.9. The Labute approximate surface area is 204 Å². The highest BCUT2D eigenvalue weighted by Gasteiger charge is 2.22. The summed E-state index contributed by atoms with van der Waals surface area (Å²) in [6.07, 6.45) is 0. The molecular weight excluding hydrogens is 455 g/mol. The van der Waals surface area contributed by atoms with Crippen LogP contribution in [0, 0.1) is 5.82 Å². The molecule has 2 N–H and O–H groups in total. The van der Waals surface area contributed by atoms with E-state index in [0.717, 1.165) is 17.1 Å². The van der Waals surface area contributed by atoms with Crippen LogP contribution >= 0.6 is 11.6 Å². The standard InChI is InChI=1S/C26H30ClFN4O2/c1-16(18-9-10-19(23(28)11-18)14-29-17(2)33)25(34)30-15-22-13-24(26(3,4)5)31-32(22)21-8-6-7-20(27)12-21/h6-13,16H,14-15H2,1-5H3,(H,29,33)(H,30,34). The zero-order chi connectivity index (χ0) is 25.0. The molecule has 3 rings (SSSR count). The van der Waals surface area contributed by atoms with Gasteiger partial charge in [-0.3, -0.25) is 9.59 Å². The topological polar surface area (TPSA) is 76.0 Å². The molecular formula is C26H30ClFN4O2. The van der Waals surface area contributed by atoms with Crippen molar-refractivity contribution in [2.24, 2.45) is 0 Å². The number of carbonyl (C=O) groups excluding carboxylic acids is 2. The van der Waals surface area contributed by atoms with E-state index in [4.69, 9.17) is 16.7 Å². The van der Waals surface area contributed by atoms with Gasteiger partial charge in [0.25, 0.3) is 0 Å². The molecule has 0 aliphatic carbocycles. The molecule has 0 saturated carbocycles. The number of carbonyl (C=O) groups is 2. The fraction of sp³-hybridized carbons (Fsp3) is 0.346. The fourth-order valence-electron chi connectivity index (χ4n) is 3.42. The molecule has 8 heteroatoms. The number of hydrogen-bond acceptors (Lipinski definition) is 3. The maximum Gasteiger partial charge on any atom is 0.227 e. The summed E-state index contributed by atoms with van der Waals surface area (Å²) in [4.78, 5) is 24.0. The molecule has 1 aromatic heterocycles. The Bertz CT molecular complexity index is 1200. The highest BCUT2D eigenvalue weighted by Crippen LogP contribution is 2.25. The van der Waals surface area contributed by atoms with E-state index in [1.807, 2.05) is 24.3 Å². The Morgan fingerprint density at radius 3 is 2.44 bits per heavy atom. The van der Waals surface area contributed by atoms with Gasteiger partial charge < -0.3 is 10.6 Å². The molecule has 180 valence electrons. The third-order valence-electron chi connectivity index (χ3n) is 5.55. The Morgan fingerprint density at radius 1 is 1.09 bits per heavy atom. The Morgan fingerprint density at radius 2 is 1.82 bits per heavy atom. The molecule has 1 atom stereocenters. The zero-order valence-electron chi connectivity index (χ0n) is 20.1. The van der Waals surface area contributed by atoms with Crippen LogP contribution in [0.2, 0.25) is 5.02 Å². The van der Waals surface area contributed by atoms with E-state index in [-0.39, 0.29) is 30.3 Å². The number of benzene rings is 2. The van der Waals surface area contributed by atoms with Crippen molar-refractivity contribution in [3.05, 3.63) is 81.9 Å². The third kappa shape index (κ3) is 6.23. The van der Waals surface area contributed by atoms with Gasteiger partial charge in [-0.05, 0) is 42.8 Å². The molecule has 6 nitrogen and oxygen atoms in total. The molecule has 0 radical (unpaired) electrons. The number of amides is 2. The highest BCUT2D eigenvalue weighted by molar-refractivity contribution is 6.30. The molecule has 2 amide bonds. The van der Waals surface area contributed by atoms with Gasteiger partial charge in [0.05, 0.1) is 29.5 Å². The summed E-state index contributed by atoms with van der Waals surface area (Å²) in [5.74, 6) is -1.48. The van der Waals surface area contributed by atoms with E-state index < -0.39 is 11.7 Å². The van der Waals surface area contributed by atoms with Crippen LogP contribution in [0.3, 0.4) is 0 Å². The van der Waals surface area contributed by atoms with Crippen LogP contribution in [0.1, 0.15) is 63.1 Å². The molecule has 0 fully saturated rings. The first kappa shape index (κ1) is 25.4. The van der Waals surface area contributed by atoms with E-state index >= 15 is 0 Å². The lowest BCUT2D eigenvalue weighted by atomic mass is 9.92. The molecule has 0 bridgehead atoms. The molecule has 0 saturated heterocycles. The van der Waals surface area contributed by atoms with Crippen molar-refractivity contribution in [2.75, 3.05) is 0 Å². The minimum atomic E-state index is -0.561. The fourth-order valence-corrected chi connectivity index (χ4v) is 3.61. The smallest absolute Gasteiger partial charge is 0.227 e. The van der Waals surface area contributed by atoms with Crippen molar-refractivity contribution < 1.29 is 14.0 Å². The van der Waals surface area contributed by atoms with Gasteiger partial charge in [-0.25, -0.2) is 9.07 Å². The zero-order valence-corrected chi connectivity index (χ0v) is 20.8. The van der Waals surface area contributed by atoms with E-state index in [1.165, 1.54) is 13.0 Å². The van der Waals surface area contributed by atoms with Crippen molar-refractivity contribution in [3.63, 3.8) is 0 Å². The maximum atomic E-state index is 14.5. The predicted octanol–water partition coefficient (Wildman–Crippen LogP) is 5.02. The quantitative estimate of drug-likeness (QED) is 0.494. The van der Waals surface area contributed by atoms with Crippen molar-refractivity contribution in [2.45, 2.75) is 59.0 Å². The average molecular weight is 485 g/mol. The second-order valence-corrected chi connectivity index (χ2v) is 9.80. The van der Waals surface area contributed by atoms with Gasteiger partial charge in [-0.2, -0.15) is 5.10 Å². The maximum absolute atomic E-state index is 14.5. The van der Waals surface area contributed by atoms with Crippen molar-refractivity contribution in [1.29, 1.82) is 0 Å². The molecule has 3 aromatic rings. The summed E-state index contributed by atoms with van der Waals surface area (Å²) < 4.78 is 16.2. The van der Waals surface area contributed by atoms with E-state index in [9.17, 15) is 14.0 Å². The largest absolute Gasteiger partial charge is 0.352 e. The monoisotopic (exact) mass is 484 g/mol. The summed E-state index contributed by atoms with van der Waals surface area (Å²) in [5.41, 5.74) is 3.25. The van der Waals surface area contributed by atoms with E-state index in [1.54, 1.807) is 29.8 Å². The summed E-state index contributed by atoms with van der Waals surface area (Å²) in [6, 6.07) is 14.0. The van der Waals surface area contributed by atoms with Gasteiger partial charge in [0, 0.05) is 29.5 Å². The minimum Gasteiger partial charge on any atom is -0.352 e. The lowest BCUT2D eigenvalue weighted by Crippen LogP contribution is -2.28. The Hall–Kier alpha value is -3.19. The number of halogens is 2. The predicted molar refractivity (Wildman–Crippen MR) is 131 cm³/mol. The molecule has 2 aromatic carbocycles. The van der Waals surface area contributed by atoms with Crippen LogP contribution in [0.4, 0.5) is 4.39 Å². The van der Waals surface area contributed by atoms with Crippen molar-refractivity contribution in [3.8, 4) is 5.69 Å². The number of aromatic nitrogens is 2. The van der Waals surface area contributed by atoms with Crippen LogP contribution in [0.25, 0.3) is 5.69 Å². The Balaban J connectivity index is 1.77. The van der Waals surface area contributed by atoms with E-state index in [2.05, 4.69) is 31.4 Å². The summed E-state index contributed by atoms with van der Waals surface area (Å²) >= 11 is 6.18. The molecule has 0 aliphatic rings. The first-order chi connectivity index (χ1) is 16.0. The normalized spacial score (nSPS) is 12.3. The van der Waals surface area contributed by atoms with Gasteiger partial charge in [-0.1, -0.05) is 50.6 Å². The SMILES string of the molecule is CC(=O)NCc1ccc(C(C)C(=O)NCc2cc(C(C)(C)C)nn2-c2cccc(Cl)c2)cc1F. The van der Waals surface area contributed by atoms with Crippen LogP contribution in [0.15, 0.2) is 48.5 Å². The molecule has 1 unspecified atom stereocenters. The van der Waals surface area contributed by atoms with Gasteiger partial charge in [0.15, 0.2) is 0 Å². The Kier molecular flexibility index (Phi) is 7.77. The summed E-state index contributed by atoms with van der Waals surface area (Å²) in [7, 11) is 0. The third-order valence-corrected chi connectivity index (χ3v) is 5.78. The molecule has 0 aliphatic heterocycles. The minimum absolute atomic E-state index is 0.103. The van der Waals surface area contributed by atoms with Crippen molar-refractivity contribution >= 4 is 23.4 Å². The number of nitrogens with zero attached hydrogens (tertiary/aromatic N) is 2. The van der Waals surface area contributed by atoms with Gasteiger partial charge >= 0.3 is 0 Å². The van der Waals surface area contributed by atoms with Gasteiger partial charge in [-0.15, -0.1) is 0 Å². The summed E-state index contributed by atoms with van der Waals surface area (Å²) in [6.45, 7) is 9.69. The lowest BCUT2D eigenvalue weighted by Gasteiger charge is -2.15. The number of rotatable bonds is 7. The van der Waals surface area contributed by atoms with Crippen LogP contribution in [-0.2, 0) is 28.1 Å². The molecule has 1 heterocycles. The first-order valence-electron chi connectivity index (χ1n) is 11.1. The van der Waals surface area contributed by atoms with E-state index in [0.29, 0.717) is 16.1 Å². The molecule has 34 heavy (non-hydrogen) atoms. The van der Waals surface area contributed by atoms with Gasteiger partial charge in [0.2, 0.25) is 11.8 Å². The average Bonchev–Trinajstić information content (AvgIpc) is 3.21. The van der Waals surface area contributed by atoms with Gasteiger partial charge in [0.1, 0.15) is 5.82 Å². The first-order valence-corrected chi connectivity index (χ1v) is 11.5. The second-order valence-electron chi connectivity index (χ2n) is 9.36. The van der Waals surface area contributed by atoms with Crippen molar-refractivity contribution in [1.82, 2.24) is 20.4 Å².